The van der Waals surface area contributed by atoms with Gasteiger partial charge in [0.1, 0.15) is 6.29 Å². The van der Waals surface area contributed by atoms with Crippen molar-refractivity contribution in [1.82, 2.24) is 4.90 Å². The van der Waals surface area contributed by atoms with Crippen LogP contribution in [0.2, 0.25) is 0 Å². The second-order valence-corrected chi connectivity index (χ2v) is 6.09. The molecule has 0 bridgehead atoms. The zero-order chi connectivity index (χ0) is 17.6. The number of aliphatic hydroxyl groups is 1. The van der Waals surface area contributed by atoms with E-state index < -0.39 is 0 Å². The second kappa shape index (κ2) is 7.78. The summed E-state index contributed by atoms with van der Waals surface area (Å²) >= 11 is 0. The van der Waals surface area contributed by atoms with Crippen molar-refractivity contribution in [3.05, 3.63) is 70.8 Å². The lowest BCUT2D eigenvalue weighted by Gasteiger charge is -2.29. The minimum atomic E-state index is -0.290. The van der Waals surface area contributed by atoms with Gasteiger partial charge in [-0.3, -0.25) is 9.59 Å². The minimum Gasteiger partial charge on any atom is -0.393 e. The number of hydrogen-bond acceptors (Lipinski definition) is 3. The maximum atomic E-state index is 12.4. The zero-order valence-electron chi connectivity index (χ0n) is 13.8. The van der Waals surface area contributed by atoms with Gasteiger partial charge in [0.25, 0.3) is 5.91 Å². The Bertz CT molecular complexity index is 805. The third-order valence-electron chi connectivity index (χ3n) is 4.28. The molecular weight excluding hydrogens is 314 g/mol. The molecule has 0 radical (unpaired) electrons. The summed E-state index contributed by atoms with van der Waals surface area (Å²) in [5.41, 5.74) is 2.92. The summed E-state index contributed by atoms with van der Waals surface area (Å²) in [7, 11) is 0. The van der Waals surface area contributed by atoms with Gasteiger partial charge in [-0.1, -0.05) is 24.0 Å². The Hall–Kier alpha value is -2.90. The van der Waals surface area contributed by atoms with E-state index in [1.54, 1.807) is 41.3 Å². The fraction of sp³-hybridized carbons (Fsp3) is 0.238. The van der Waals surface area contributed by atoms with Gasteiger partial charge in [-0.05, 0) is 49.2 Å². The van der Waals surface area contributed by atoms with E-state index in [2.05, 4.69) is 11.8 Å². The van der Waals surface area contributed by atoms with Gasteiger partial charge >= 0.3 is 0 Å². The number of benzene rings is 2. The number of likely N-dealkylation sites (tertiary alicyclic amines) is 1. The van der Waals surface area contributed by atoms with E-state index in [9.17, 15) is 14.7 Å². The molecule has 0 unspecified atom stereocenters. The summed E-state index contributed by atoms with van der Waals surface area (Å²) in [5, 5.41) is 9.53. The quantitative estimate of drug-likeness (QED) is 0.679. The van der Waals surface area contributed by atoms with Gasteiger partial charge in [-0.25, -0.2) is 0 Å². The molecule has 0 aromatic heterocycles. The number of piperidine rings is 1. The van der Waals surface area contributed by atoms with Crippen LogP contribution in [0.4, 0.5) is 0 Å². The molecule has 1 N–H and O–H groups in total. The highest BCUT2D eigenvalue weighted by atomic mass is 16.3. The molecule has 1 aliphatic rings. The first kappa shape index (κ1) is 16.9. The number of aliphatic hydroxyl groups excluding tert-OH is 1. The normalized spacial score (nSPS) is 14.5. The van der Waals surface area contributed by atoms with E-state index in [1.165, 1.54) is 0 Å². The molecule has 1 heterocycles. The van der Waals surface area contributed by atoms with Gasteiger partial charge in [-0.2, -0.15) is 0 Å². The monoisotopic (exact) mass is 333 g/mol. The molecule has 0 atom stereocenters. The predicted octanol–water partition coefficient (Wildman–Crippen LogP) is 2.50. The highest BCUT2D eigenvalue weighted by Crippen LogP contribution is 2.14. The lowest BCUT2D eigenvalue weighted by molar-refractivity contribution is 0.0546. The van der Waals surface area contributed by atoms with Crippen LogP contribution < -0.4 is 0 Å². The fourth-order valence-electron chi connectivity index (χ4n) is 2.74. The number of amides is 1. The van der Waals surface area contributed by atoms with Gasteiger partial charge in [0, 0.05) is 35.3 Å². The highest BCUT2D eigenvalue weighted by Gasteiger charge is 2.21. The molecule has 25 heavy (non-hydrogen) atoms. The van der Waals surface area contributed by atoms with Crippen LogP contribution >= 0.6 is 0 Å². The van der Waals surface area contributed by atoms with Crippen molar-refractivity contribution in [2.45, 2.75) is 18.9 Å². The van der Waals surface area contributed by atoms with Crippen LogP contribution in [0.3, 0.4) is 0 Å². The van der Waals surface area contributed by atoms with E-state index in [4.69, 9.17) is 0 Å². The summed E-state index contributed by atoms with van der Waals surface area (Å²) in [6.07, 6.45) is 1.79. The van der Waals surface area contributed by atoms with Gasteiger partial charge in [0.05, 0.1) is 6.10 Å². The Balaban J connectivity index is 1.67. The second-order valence-electron chi connectivity index (χ2n) is 6.09. The summed E-state index contributed by atoms with van der Waals surface area (Å²) in [4.78, 5) is 24.9. The van der Waals surface area contributed by atoms with Crippen LogP contribution in [-0.4, -0.2) is 41.4 Å². The van der Waals surface area contributed by atoms with Gasteiger partial charge in [-0.15, -0.1) is 0 Å². The van der Waals surface area contributed by atoms with Crippen molar-refractivity contribution in [3.63, 3.8) is 0 Å². The Morgan fingerprint density at radius 1 is 0.960 bits per heavy atom. The summed E-state index contributed by atoms with van der Waals surface area (Å²) in [5.74, 6) is 6.09. The molecular formula is C21H19NO3. The average Bonchev–Trinajstić information content (AvgIpc) is 2.67. The lowest BCUT2D eigenvalue weighted by atomic mass is 10.1. The van der Waals surface area contributed by atoms with Crippen LogP contribution in [0.15, 0.2) is 48.5 Å². The Morgan fingerprint density at radius 2 is 1.48 bits per heavy atom. The Labute approximate surface area is 147 Å². The third kappa shape index (κ3) is 4.34. The predicted molar refractivity (Wildman–Crippen MR) is 95.4 cm³/mol. The average molecular weight is 333 g/mol. The molecule has 4 nitrogen and oxygen atoms in total. The Kier molecular flexibility index (Phi) is 5.27. The number of aldehydes is 1. The maximum Gasteiger partial charge on any atom is 0.253 e. The standard InChI is InChI=1S/C21H19NO3/c23-15-18-5-3-16(4-6-18)1-2-17-7-9-19(10-8-17)21(25)22-13-11-20(24)12-14-22/h3-10,15,20,24H,11-14H2. The molecule has 3 rings (SSSR count). The van der Waals surface area contributed by atoms with Crippen molar-refractivity contribution in [3.8, 4) is 11.8 Å². The number of carbonyl (C=O) groups excluding carboxylic acids is 2. The molecule has 0 aliphatic carbocycles. The SMILES string of the molecule is O=Cc1ccc(C#Cc2ccc(C(=O)N3CCC(O)CC3)cc2)cc1. The van der Waals surface area contributed by atoms with E-state index in [0.717, 1.165) is 17.4 Å². The van der Waals surface area contributed by atoms with Gasteiger partial charge in [0.2, 0.25) is 0 Å². The van der Waals surface area contributed by atoms with E-state index in [-0.39, 0.29) is 12.0 Å². The third-order valence-corrected chi connectivity index (χ3v) is 4.28. The van der Waals surface area contributed by atoms with Crippen molar-refractivity contribution in [2.75, 3.05) is 13.1 Å². The number of nitrogens with zero attached hydrogens (tertiary/aromatic N) is 1. The number of rotatable bonds is 2. The highest BCUT2D eigenvalue weighted by molar-refractivity contribution is 5.94. The van der Waals surface area contributed by atoms with E-state index >= 15 is 0 Å². The fourth-order valence-corrected chi connectivity index (χ4v) is 2.74. The minimum absolute atomic E-state index is 0.00383. The van der Waals surface area contributed by atoms with E-state index in [1.807, 2.05) is 12.1 Å². The van der Waals surface area contributed by atoms with Crippen LogP contribution in [0, 0.1) is 11.8 Å². The summed E-state index contributed by atoms with van der Waals surface area (Å²) in [6.45, 7) is 1.19. The molecule has 1 aliphatic heterocycles. The molecule has 126 valence electrons. The lowest BCUT2D eigenvalue weighted by Crippen LogP contribution is -2.40. The van der Waals surface area contributed by atoms with Crippen LogP contribution in [0.25, 0.3) is 0 Å². The molecule has 0 saturated carbocycles. The molecule has 4 heteroatoms. The molecule has 2 aromatic rings. The summed E-state index contributed by atoms with van der Waals surface area (Å²) in [6, 6.07) is 14.3. The first-order valence-electron chi connectivity index (χ1n) is 8.30. The van der Waals surface area contributed by atoms with Gasteiger partial charge in [0.15, 0.2) is 0 Å². The van der Waals surface area contributed by atoms with Crippen molar-refractivity contribution >= 4 is 12.2 Å². The van der Waals surface area contributed by atoms with Crippen molar-refractivity contribution in [1.29, 1.82) is 0 Å². The Morgan fingerprint density at radius 3 is 2.00 bits per heavy atom. The maximum absolute atomic E-state index is 12.4. The van der Waals surface area contributed by atoms with Crippen LogP contribution in [0.1, 0.15) is 44.7 Å². The van der Waals surface area contributed by atoms with Crippen molar-refractivity contribution < 1.29 is 14.7 Å². The number of carbonyl (C=O) groups is 2. The number of hydrogen-bond donors (Lipinski definition) is 1. The van der Waals surface area contributed by atoms with Crippen molar-refractivity contribution in [2.24, 2.45) is 0 Å². The van der Waals surface area contributed by atoms with Gasteiger partial charge < -0.3 is 10.0 Å². The summed E-state index contributed by atoms with van der Waals surface area (Å²) < 4.78 is 0. The largest absolute Gasteiger partial charge is 0.393 e. The molecule has 0 spiro atoms. The first-order valence-corrected chi connectivity index (χ1v) is 8.30. The zero-order valence-corrected chi connectivity index (χ0v) is 13.8. The van der Waals surface area contributed by atoms with Crippen LogP contribution in [-0.2, 0) is 0 Å². The molecule has 2 aromatic carbocycles. The smallest absolute Gasteiger partial charge is 0.253 e. The first-order chi connectivity index (χ1) is 12.2. The van der Waals surface area contributed by atoms with E-state index in [0.29, 0.717) is 37.1 Å². The molecule has 1 fully saturated rings. The van der Waals surface area contributed by atoms with Crippen LogP contribution in [0.5, 0.6) is 0 Å². The molecule has 1 saturated heterocycles. The molecule has 1 amide bonds. The topological polar surface area (TPSA) is 57.6 Å².